The van der Waals surface area contributed by atoms with Crippen molar-refractivity contribution in [2.24, 2.45) is 0 Å². The lowest BCUT2D eigenvalue weighted by molar-refractivity contribution is -0.121. The molecule has 0 heterocycles. The lowest BCUT2D eigenvalue weighted by Crippen LogP contribution is -2.37. The van der Waals surface area contributed by atoms with Crippen molar-refractivity contribution in [3.05, 3.63) is 59.2 Å². The number of sulfonamides is 1. The van der Waals surface area contributed by atoms with Gasteiger partial charge in [0.25, 0.3) is 0 Å². The van der Waals surface area contributed by atoms with E-state index >= 15 is 0 Å². The molecule has 0 saturated heterocycles. The Morgan fingerprint density at radius 3 is 2.40 bits per heavy atom. The molecule has 0 bridgehead atoms. The van der Waals surface area contributed by atoms with Gasteiger partial charge < -0.3 is 10.1 Å². The number of carbonyl (C=O) groups excluding carboxylic acids is 1. The third-order valence-electron chi connectivity index (χ3n) is 4.94. The lowest BCUT2D eigenvalue weighted by Gasteiger charge is -2.25. The number of benzene rings is 2. The van der Waals surface area contributed by atoms with Crippen molar-refractivity contribution in [1.29, 1.82) is 0 Å². The number of hydrogen-bond acceptors (Lipinski definition) is 4. The average molecular weight is 433 g/mol. The van der Waals surface area contributed by atoms with E-state index in [0.717, 1.165) is 22.4 Å². The van der Waals surface area contributed by atoms with Crippen LogP contribution in [0.1, 0.15) is 36.5 Å². The van der Waals surface area contributed by atoms with Crippen molar-refractivity contribution in [2.45, 2.75) is 46.6 Å². The molecule has 0 saturated carbocycles. The minimum atomic E-state index is -3.44. The maximum Gasteiger partial charge on any atom is 0.232 e. The molecule has 0 unspecified atom stereocenters. The largest absolute Gasteiger partial charge is 0.491 e. The van der Waals surface area contributed by atoms with Crippen LogP contribution < -0.4 is 14.4 Å². The molecule has 164 valence electrons. The van der Waals surface area contributed by atoms with Gasteiger partial charge in [-0.3, -0.25) is 9.10 Å². The fraction of sp³-hybridized carbons (Fsp3) is 0.435. The fourth-order valence-corrected chi connectivity index (χ4v) is 4.11. The molecular formula is C23H32N2O4S. The number of carbonyl (C=O) groups is 1. The number of ether oxygens (including phenoxy) is 1. The third kappa shape index (κ3) is 7.06. The van der Waals surface area contributed by atoms with Gasteiger partial charge in [0, 0.05) is 13.0 Å². The van der Waals surface area contributed by atoms with E-state index in [1.165, 1.54) is 10.6 Å². The normalized spacial score (nSPS) is 12.3. The number of nitrogens with zero attached hydrogens (tertiary/aromatic N) is 1. The van der Waals surface area contributed by atoms with Crippen LogP contribution in [0.4, 0.5) is 5.69 Å². The van der Waals surface area contributed by atoms with Gasteiger partial charge in [-0.25, -0.2) is 8.42 Å². The van der Waals surface area contributed by atoms with Gasteiger partial charge in [-0.1, -0.05) is 29.8 Å². The van der Waals surface area contributed by atoms with Crippen LogP contribution in [0.15, 0.2) is 42.5 Å². The van der Waals surface area contributed by atoms with Gasteiger partial charge in [0.1, 0.15) is 12.4 Å². The summed E-state index contributed by atoms with van der Waals surface area (Å²) in [7, 11) is -3.44. The molecule has 1 N–H and O–H groups in total. The van der Waals surface area contributed by atoms with Crippen LogP contribution in [0.2, 0.25) is 0 Å². The Morgan fingerprint density at radius 1 is 1.10 bits per heavy atom. The maximum atomic E-state index is 12.3. The van der Waals surface area contributed by atoms with Crippen molar-refractivity contribution >= 4 is 21.6 Å². The first-order chi connectivity index (χ1) is 14.1. The second-order valence-corrected chi connectivity index (χ2v) is 9.66. The van der Waals surface area contributed by atoms with E-state index in [1.54, 1.807) is 6.07 Å². The second kappa shape index (κ2) is 10.5. The SMILES string of the molecule is Cc1ccc(OC[C@H](C)NC(=O)CCCN(c2cccc(C)c2C)S(C)(=O)=O)cc1. The van der Waals surface area contributed by atoms with Crippen molar-refractivity contribution in [3.8, 4) is 5.75 Å². The van der Waals surface area contributed by atoms with Gasteiger partial charge in [-0.15, -0.1) is 0 Å². The minimum Gasteiger partial charge on any atom is -0.491 e. The van der Waals surface area contributed by atoms with Crippen LogP contribution in [-0.4, -0.2) is 39.8 Å². The first kappa shape index (κ1) is 23.7. The topological polar surface area (TPSA) is 75.7 Å². The number of anilines is 1. The summed E-state index contributed by atoms with van der Waals surface area (Å²) >= 11 is 0. The molecule has 7 heteroatoms. The predicted molar refractivity (Wildman–Crippen MR) is 122 cm³/mol. The fourth-order valence-electron chi connectivity index (χ4n) is 3.10. The minimum absolute atomic E-state index is 0.121. The lowest BCUT2D eigenvalue weighted by atomic mass is 10.1. The van der Waals surface area contributed by atoms with E-state index in [4.69, 9.17) is 4.74 Å². The molecule has 0 aliphatic heterocycles. The zero-order chi connectivity index (χ0) is 22.3. The van der Waals surface area contributed by atoms with Crippen LogP contribution in [0.3, 0.4) is 0 Å². The Labute approximate surface area is 180 Å². The molecule has 1 atom stereocenters. The average Bonchev–Trinajstić information content (AvgIpc) is 2.66. The number of aryl methyl sites for hydroxylation is 2. The first-order valence-corrected chi connectivity index (χ1v) is 12.0. The molecule has 6 nitrogen and oxygen atoms in total. The van der Waals surface area contributed by atoms with Gasteiger partial charge in [0.15, 0.2) is 0 Å². The predicted octanol–water partition coefficient (Wildman–Crippen LogP) is 3.74. The molecule has 30 heavy (non-hydrogen) atoms. The molecule has 0 aliphatic carbocycles. The first-order valence-electron chi connectivity index (χ1n) is 10.1. The zero-order valence-electron chi connectivity index (χ0n) is 18.4. The van der Waals surface area contributed by atoms with Crippen molar-refractivity contribution in [3.63, 3.8) is 0 Å². The molecule has 2 aromatic carbocycles. The molecule has 2 rings (SSSR count). The molecule has 1 amide bonds. The van der Waals surface area contributed by atoms with Crippen LogP contribution in [-0.2, 0) is 14.8 Å². The molecule has 2 aromatic rings. The standard InChI is InChI=1S/C23H32N2O4S/c1-17-11-13-21(14-12-17)29-16-19(3)24-23(26)10-7-15-25(30(5,27)28)22-9-6-8-18(2)20(22)4/h6,8-9,11-14,19H,7,10,15-16H2,1-5H3,(H,24,26)/t19-/m0/s1. The van der Waals surface area contributed by atoms with Crippen molar-refractivity contribution in [1.82, 2.24) is 5.32 Å². The number of hydrogen-bond donors (Lipinski definition) is 1. The quantitative estimate of drug-likeness (QED) is 0.621. The van der Waals surface area contributed by atoms with Crippen LogP contribution in [0, 0.1) is 20.8 Å². The summed E-state index contributed by atoms with van der Waals surface area (Å²) in [5.41, 5.74) is 3.78. The van der Waals surface area contributed by atoms with E-state index in [0.29, 0.717) is 18.7 Å². The van der Waals surface area contributed by atoms with Gasteiger partial charge in [0.2, 0.25) is 15.9 Å². The van der Waals surface area contributed by atoms with Gasteiger partial charge in [-0.05, 0) is 63.4 Å². The van der Waals surface area contributed by atoms with E-state index in [-0.39, 0.29) is 24.9 Å². The number of nitrogens with one attached hydrogen (secondary N) is 1. The van der Waals surface area contributed by atoms with Crippen molar-refractivity contribution in [2.75, 3.05) is 23.7 Å². The summed E-state index contributed by atoms with van der Waals surface area (Å²) in [6, 6.07) is 13.2. The molecule has 0 aliphatic rings. The summed E-state index contributed by atoms with van der Waals surface area (Å²) in [4.78, 5) is 12.3. The molecule has 0 spiro atoms. The smallest absolute Gasteiger partial charge is 0.232 e. The Balaban J connectivity index is 1.85. The Kier molecular flexibility index (Phi) is 8.29. The Morgan fingerprint density at radius 2 is 1.77 bits per heavy atom. The highest BCUT2D eigenvalue weighted by atomic mass is 32.2. The summed E-state index contributed by atoms with van der Waals surface area (Å²) < 4.78 is 31.7. The number of amides is 1. The monoisotopic (exact) mass is 432 g/mol. The van der Waals surface area contributed by atoms with Gasteiger partial charge in [-0.2, -0.15) is 0 Å². The Hall–Kier alpha value is -2.54. The highest BCUT2D eigenvalue weighted by Gasteiger charge is 2.20. The summed E-state index contributed by atoms with van der Waals surface area (Å²) in [5.74, 6) is 0.642. The molecular weight excluding hydrogens is 400 g/mol. The van der Waals surface area contributed by atoms with E-state index in [1.807, 2.05) is 64.1 Å². The second-order valence-electron chi connectivity index (χ2n) is 7.75. The highest BCUT2D eigenvalue weighted by Crippen LogP contribution is 2.25. The van der Waals surface area contributed by atoms with E-state index in [9.17, 15) is 13.2 Å². The van der Waals surface area contributed by atoms with Crippen LogP contribution in [0.5, 0.6) is 5.75 Å². The summed E-state index contributed by atoms with van der Waals surface area (Å²) in [6.07, 6.45) is 1.86. The highest BCUT2D eigenvalue weighted by molar-refractivity contribution is 7.92. The third-order valence-corrected chi connectivity index (χ3v) is 6.12. The van der Waals surface area contributed by atoms with Crippen LogP contribution >= 0.6 is 0 Å². The summed E-state index contributed by atoms with van der Waals surface area (Å²) in [6.45, 7) is 8.37. The number of rotatable bonds is 10. The molecule has 0 fully saturated rings. The molecule has 0 aromatic heterocycles. The van der Waals surface area contributed by atoms with E-state index < -0.39 is 10.0 Å². The van der Waals surface area contributed by atoms with Crippen LogP contribution in [0.25, 0.3) is 0 Å². The van der Waals surface area contributed by atoms with Gasteiger partial charge in [0.05, 0.1) is 18.0 Å². The molecule has 0 radical (unpaired) electrons. The Bertz CT molecular complexity index is 956. The zero-order valence-corrected chi connectivity index (χ0v) is 19.3. The van der Waals surface area contributed by atoms with Gasteiger partial charge >= 0.3 is 0 Å². The van der Waals surface area contributed by atoms with Crippen molar-refractivity contribution < 1.29 is 17.9 Å². The summed E-state index contributed by atoms with van der Waals surface area (Å²) in [5, 5.41) is 2.90. The van der Waals surface area contributed by atoms with E-state index in [2.05, 4.69) is 5.32 Å². The maximum absolute atomic E-state index is 12.3.